The number of anilines is 1. The van der Waals surface area contributed by atoms with E-state index in [0.29, 0.717) is 44.1 Å². The van der Waals surface area contributed by atoms with Gasteiger partial charge in [-0.3, -0.25) is 0 Å². The van der Waals surface area contributed by atoms with Gasteiger partial charge in [-0.05, 0) is 59.9 Å². The molecule has 0 aromatic heterocycles. The van der Waals surface area contributed by atoms with Gasteiger partial charge in [0.25, 0.3) is 0 Å². The maximum atomic E-state index is 12.6. The lowest BCUT2D eigenvalue weighted by Gasteiger charge is -2.16. The van der Waals surface area contributed by atoms with Crippen molar-refractivity contribution in [2.24, 2.45) is 5.92 Å². The second kappa shape index (κ2) is 8.44. The van der Waals surface area contributed by atoms with E-state index in [2.05, 4.69) is 16.1 Å². The summed E-state index contributed by atoms with van der Waals surface area (Å²) in [6.07, 6.45) is 0.853. The number of hydrogen-bond acceptors (Lipinski definition) is 5. The van der Waals surface area contributed by atoms with E-state index in [4.69, 9.17) is 10.00 Å². The minimum atomic E-state index is -3.61. The van der Waals surface area contributed by atoms with Crippen LogP contribution in [0.25, 0.3) is 0 Å². The number of benzene rings is 2. The third kappa shape index (κ3) is 4.46. The fourth-order valence-corrected chi connectivity index (χ4v) is 4.70. The van der Waals surface area contributed by atoms with E-state index in [1.54, 1.807) is 29.2 Å². The zero-order valence-electron chi connectivity index (χ0n) is 16.3. The molecular weight excluding hydrogens is 404 g/mol. The Balaban J connectivity index is 1.35. The van der Waals surface area contributed by atoms with Crippen LogP contribution in [0.15, 0.2) is 47.4 Å². The van der Waals surface area contributed by atoms with Gasteiger partial charge in [0.15, 0.2) is 0 Å². The van der Waals surface area contributed by atoms with Gasteiger partial charge in [-0.25, -0.2) is 17.9 Å². The van der Waals surface area contributed by atoms with Gasteiger partial charge in [-0.2, -0.15) is 5.26 Å². The average molecular weight is 426 g/mol. The maximum Gasteiger partial charge on any atom is 0.322 e. The van der Waals surface area contributed by atoms with Crippen molar-refractivity contribution in [2.45, 2.75) is 24.4 Å². The van der Waals surface area contributed by atoms with E-state index in [1.165, 1.54) is 12.1 Å². The Morgan fingerprint density at radius 3 is 2.63 bits per heavy atom. The Morgan fingerprint density at radius 2 is 1.93 bits per heavy atom. The standard InChI is InChI=1S/C21H22N4O4S/c22-10-15-1-2-17-12-25(13-18(17)9-15)21(26)24-19-3-5-20(6-4-19)30(27,28)23-11-16-7-8-29-14-16/h1-6,9,16,23H,7-8,11-14H2,(H,24,26). The first-order chi connectivity index (χ1) is 14.4. The molecule has 156 valence electrons. The molecule has 9 heteroatoms. The largest absolute Gasteiger partial charge is 0.381 e. The normalized spacial score (nSPS) is 18.1. The molecule has 0 radical (unpaired) electrons. The number of rotatable bonds is 5. The summed E-state index contributed by atoms with van der Waals surface area (Å²) in [7, 11) is -3.61. The highest BCUT2D eigenvalue weighted by Crippen LogP contribution is 2.25. The van der Waals surface area contributed by atoms with Crippen LogP contribution in [-0.4, -0.2) is 39.1 Å². The van der Waals surface area contributed by atoms with Crippen molar-refractivity contribution in [2.75, 3.05) is 25.1 Å². The summed E-state index contributed by atoms with van der Waals surface area (Å²) in [5.74, 6) is 0.201. The number of nitrogens with zero attached hydrogens (tertiary/aromatic N) is 2. The molecule has 2 heterocycles. The zero-order chi connectivity index (χ0) is 21.1. The summed E-state index contributed by atoms with van der Waals surface area (Å²) >= 11 is 0. The van der Waals surface area contributed by atoms with Crippen LogP contribution in [0.5, 0.6) is 0 Å². The van der Waals surface area contributed by atoms with Crippen LogP contribution in [0, 0.1) is 17.2 Å². The van der Waals surface area contributed by atoms with Gasteiger partial charge >= 0.3 is 6.03 Å². The molecule has 30 heavy (non-hydrogen) atoms. The number of urea groups is 1. The summed E-state index contributed by atoms with van der Waals surface area (Å²) < 4.78 is 32.8. The van der Waals surface area contributed by atoms with Crippen LogP contribution in [0.4, 0.5) is 10.5 Å². The summed E-state index contributed by atoms with van der Waals surface area (Å²) in [5, 5.41) is 11.8. The minimum absolute atomic E-state index is 0.150. The Labute approximate surface area is 175 Å². The Hall–Kier alpha value is -2.93. The number of hydrogen-bond donors (Lipinski definition) is 2. The highest BCUT2D eigenvalue weighted by Gasteiger charge is 2.24. The number of fused-ring (bicyclic) bond motifs is 1. The van der Waals surface area contributed by atoms with Crippen LogP contribution >= 0.6 is 0 Å². The van der Waals surface area contributed by atoms with Crippen LogP contribution in [0.3, 0.4) is 0 Å². The number of ether oxygens (including phenoxy) is 1. The summed E-state index contributed by atoms with van der Waals surface area (Å²) in [4.78, 5) is 14.4. The Kier molecular flexibility index (Phi) is 5.72. The first-order valence-corrected chi connectivity index (χ1v) is 11.2. The Bertz CT molecular complexity index is 1090. The molecule has 0 bridgehead atoms. The first-order valence-electron chi connectivity index (χ1n) is 9.70. The topological polar surface area (TPSA) is 112 Å². The maximum absolute atomic E-state index is 12.6. The molecule has 2 aliphatic rings. The Morgan fingerprint density at radius 1 is 1.17 bits per heavy atom. The molecule has 1 saturated heterocycles. The summed E-state index contributed by atoms with van der Waals surface area (Å²) in [5.41, 5.74) is 3.06. The highest BCUT2D eigenvalue weighted by molar-refractivity contribution is 7.89. The van der Waals surface area contributed by atoms with E-state index >= 15 is 0 Å². The number of nitrogens with one attached hydrogen (secondary N) is 2. The third-order valence-electron chi connectivity index (χ3n) is 5.35. The SMILES string of the molecule is N#Cc1ccc2c(c1)CN(C(=O)Nc1ccc(S(=O)(=O)NCC3CCOC3)cc1)C2. The molecule has 1 atom stereocenters. The van der Waals surface area contributed by atoms with Crippen LogP contribution in [0.1, 0.15) is 23.1 Å². The van der Waals surface area contributed by atoms with E-state index in [9.17, 15) is 13.2 Å². The van der Waals surface area contributed by atoms with Gasteiger partial charge < -0.3 is 15.0 Å². The van der Waals surface area contributed by atoms with Gasteiger partial charge in [0.1, 0.15) is 0 Å². The molecule has 8 nitrogen and oxygen atoms in total. The zero-order valence-corrected chi connectivity index (χ0v) is 17.1. The van der Waals surface area contributed by atoms with Gasteiger partial charge in [0, 0.05) is 31.9 Å². The quantitative estimate of drug-likeness (QED) is 0.763. The molecular formula is C21H22N4O4S. The molecule has 2 aromatic carbocycles. The summed E-state index contributed by atoms with van der Waals surface area (Å²) in [6, 6.07) is 13.3. The van der Waals surface area contributed by atoms with Crippen LogP contribution in [0.2, 0.25) is 0 Å². The molecule has 2 amide bonds. The van der Waals surface area contributed by atoms with E-state index in [0.717, 1.165) is 17.5 Å². The number of carbonyl (C=O) groups is 1. The fourth-order valence-electron chi connectivity index (χ4n) is 3.58. The minimum Gasteiger partial charge on any atom is -0.381 e. The van der Waals surface area contributed by atoms with Gasteiger partial charge in [-0.1, -0.05) is 6.07 Å². The van der Waals surface area contributed by atoms with Gasteiger partial charge in [0.2, 0.25) is 10.0 Å². The smallest absolute Gasteiger partial charge is 0.322 e. The lowest BCUT2D eigenvalue weighted by molar-refractivity contribution is 0.186. The highest BCUT2D eigenvalue weighted by atomic mass is 32.2. The molecule has 0 spiro atoms. The van der Waals surface area contributed by atoms with Crippen molar-refractivity contribution in [3.05, 3.63) is 59.2 Å². The predicted molar refractivity (Wildman–Crippen MR) is 110 cm³/mol. The average Bonchev–Trinajstić information content (AvgIpc) is 3.42. The number of amides is 2. The van der Waals surface area contributed by atoms with Crippen LogP contribution < -0.4 is 10.0 Å². The van der Waals surface area contributed by atoms with Crippen molar-refractivity contribution in [1.82, 2.24) is 9.62 Å². The molecule has 0 saturated carbocycles. The molecule has 2 aliphatic heterocycles. The monoisotopic (exact) mass is 426 g/mol. The molecule has 2 aromatic rings. The molecule has 0 aliphatic carbocycles. The molecule has 4 rings (SSSR count). The van der Waals surface area contributed by atoms with Crippen molar-refractivity contribution in [1.29, 1.82) is 5.26 Å². The van der Waals surface area contributed by atoms with Gasteiger partial charge in [0.05, 0.1) is 23.1 Å². The third-order valence-corrected chi connectivity index (χ3v) is 6.79. The van der Waals surface area contributed by atoms with E-state index in [-0.39, 0.29) is 16.8 Å². The number of nitriles is 1. The van der Waals surface area contributed by atoms with Gasteiger partial charge in [-0.15, -0.1) is 0 Å². The van der Waals surface area contributed by atoms with Crippen molar-refractivity contribution >= 4 is 21.7 Å². The molecule has 2 N–H and O–H groups in total. The number of sulfonamides is 1. The lowest BCUT2D eigenvalue weighted by Crippen LogP contribution is -2.30. The van der Waals surface area contributed by atoms with E-state index < -0.39 is 10.0 Å². The predicted octanol–water partition coefficient (Wildman–Crippen LogP) is 2.42. The molecule has 1 unspecified atom stereocenters. The van der Waals surface area contributed by atoms with Crippen molar-refractivity contribution in [3.63, 3.8) is 0 Å². The fraction of sp³-hybridized carbons (Fsp3) is 0.333. The van der Waals surface area contributed by atoms with Crippen molar-refractivity contribution < 1.29 is 17.9 Å². The number of carbonyl (C=O) groups excluding carboxylic acids is 1. The van der Waals surface area contributed by atoms with Crippen LogP contribution in [-0.2, 0) is 27.8 Å². The second-order valence-electron chi connectivity index (χ2n) is 7.49. The lowest BCUT2D eigenvalue weighted by atomic mass is 10.1. The van der Waals surface area contributed by atoms with E-state index in [1.807, 2.05) is 6.07 Å². The molecule has 1 fully saturated rings. The second-order valence-corrected chi connectivity index (χ2v) is 9.25. The summed E-state index contributed by atoms with van der Waals surface area (Å²) in [6.45, 7) is 2.49. The van der Waals surface area contributed by atoms with Crippen molar-refractivity contribution in [3.8, 4) is 6.07 Å². The first kappa shape index (κ1) is 20.3.